The van der Waals surface area contributed by atoms with E-state index in [9.17, 15) is 0 Å². The Hall–Kier alpha value is -0.920. The van der Waals surface area contributed by atoms with Crippen molar-refractivity contribution in [3.05, 3.63) is 25.7 Å². The Kier molecular flexibility index (Phi) is 5.63. The maximum atomic E-state index is 5.08. The van der Waals surface area contributed by atoms with Gasteiger partial charge in [-0.25, -0.2) is 0 Å². The van der Waals surface area contributed by atoms with Crippen LogP contribution in [0.5, 0.6) is 0 Å². The lowest BCUT2D eigenvalue weighted by atomic mass is 10.3. The van der Waals surface area contributed by atoms with Gasteiger partial charge in [-0.15, -0.1) is 0 Å². The Balaban J connectivity index is 3.38. The van der Waals surface area contributed by atoms with Gasteiger partial charge in [-0.05, 0) is 6.42 Å². The molecule has 0 saturated heterocycles. The minimum Gasteiger partial charge on any atom is -0.498 e. The second-order valence-electron chi connectivity index (χ2n) is 1.83. The van der Waals surface area contributed by atoms with Gasteiger partial charge in [-0.2, -0.15) is 0 Å². The molecule has 0 aliphatic carbocycles. The molecule has 0 aromatic rings. The van der Waals surface area contributed by atoms with E-state index in [1.54, 1.807) is 0 Å². The molecule has 0 rings (SSSR count). The molecule has 0 bridgehead atoms. The summed E-state index contributed by atoms with van der Waals surface area (Å²) in [6, 6.07) is 0. The Labute approximate surface area is 62.1 Å². The van der Waals surface area contributed by atoms with Crippen LogP contribution in [0.4, 0.5) is 0 Å². The summed E-state index contributed by atoms with van der Waals surface area (Å²) >= 11 is 0. The fourth-order valence-electron chi connectivity index (χ4n) is 0.565. The molecule has 0 aliphatic rings. The van der Waals surface area contributed by atoms with E-state index in [1.807, 2.05) is 6.92 Å². The third-order valence-corrected chi connectivity index (χ3v) is 1.14. The van der Waals surface area contributed by atoms with Crippen LogP contribution in [0.25, 0.3) is 0 Å². The SMILES string of the molecule is C=COCC(CC)OC=C. The summed E-state index contributed by atoms with van der Waals surface area (Å²) < 4.78 is 10.0. The van der Waals surface area contributed by atoms with Crippen molar-refractivity contribution in [2.24, 2.45) is 0 Å². The van der Waals surface area contributed by atoms with Gasteiger partial charge in [0.25, 0.3) is 0 Å². The standard InChI is InChI=1S/C8H14O2/c1-4-8(10-6-3)7-9-5-2/h5-6,8H,2-4,7H2,1H3. The molecule has 2 nitrogen and oxygen atoms in total. The molecule has 0 aliphatic heterocycles. The third kappa shape index (κ3) is 4.01. The molecular weight excluding hydrogens is 128 g/mol. The zero-order valence-electron chi connectivity index (χ0n) is 6.38. The monoisotopic (exact) mass is 142 g/mol. The highest BCUT2D eigenvalue weighted by Crippen LogP contribution is 1.98. The highest BCUT2D eigenvalue weighted by Gasteiger charge is 2.02. The molecule has 0 aromatic carbocycles. The van der Waals surface area contributed by atoms with Crippen LogP contribution in [-0.4, -0.2) is 12.7 Å². The molecule has 1 unspecified atom stereocenters. The smallest absolute Gasteiger partial charge is 0.131 e. The second kappa shape index (κ2) is 6.20. The van der Waals surface area contributed by atoms with Gasteiger partial charge in [-0.1, -0.05) is 20.1 Å². The number of hydrogen-bond acceptors (Lipinski definition) is 2. The highest BCUT2D eigenvalue weighted by atomic mass is 16.5. The van der Waals surface area contributed by atoms with Crippen LogP contribution in [0.3, 0.4) is 0 Å². The summed E-state index contributed by atoms with van der Waals surface area (Å²) in [5, 5.41) is 0. The zero-order chi connectivity index (χ0) is 7.82. The summed E-state index contributed by atoms with van der Waals surface area (Å²) in [5.74, 6) is 0. The van der Waals surface area contributed by atoms with Crippen molar-refractivity contribution >= 4 is 0 Å². The first-order valence-electron chi connectivity index (χ1n) is 3.34. The largest absolute Gasteiger partial charge is 0.498 e. The predicted octanol–water partition coefficient (Wildman–Crippen LogP) is 2.09. The molecule has 10 heavy (non-hydrogen) atoms. The lowest BCUT2D eigenvalue weighted by Crippen LogP contribution is -2.14. The van der Waals surface area contributed by atoms with Crippen LogP contribution in [0.2, 0.25) is 0 Å². The summed E-state index contributed by atoms with van der Waals surface area (Å²) in [7, 11) is 0. The minimum absolute atomic E-state index is 0.107. The highest BCUT2D eigenvalue weighted by molar-refractivity contribution is 4.61. The Bertz CT molecular complexity index is 99.4. The fraction of sp³-hybridized carbons (Fsp3) is 0.500. The van der Waals surface area contributed by atoms with Crippen molar-refractivity contribution in [3.63, 3.8) is 0 Å². The molecule has 0 aromatic heterocycles. The molecule has 0 radical (unpaired) electrons. The van der Waals surface area contributed by atoms with E-state index >= 15 is 0 Å². The van der Waals surface area contributed by atoms with E-state index in [-0.39, 0.29) is 6.10 Å². The van der Waals surface area contributed by atoms with E-state index in [4.69, 9.17) is 9.47 Å². The van der Waals surface area contributed by atoms with Crippen LogP contribution >= 0.6 is 0 Å². The molecule has 0 spiro atoms. The Morgan fingerprint density at radius 2 is 2.10 bits per heavy atom. The van der Waals surface area contributed by atoms with Crippen molar-refractivity contribution in [2.45, 2.75) is 19.4 Å². The van der Waals surface area contributed by atoms with Gasteiger partial charge in [0.15, 0.2) is 0 Å². The normalized spacial score (nSPS) is 11.7. The van der Waals surface area contributed by atoms with Gasteiger partial charge in [-0.3, -0.25) is 0 Å². The van der Waals surface area contributed by atoms with E-state index < -0.39 is 0 Å². The Morgan fingerprint density at radius 3 is 2.50 bits per heavy atom. The Morgan fingerprint density at radius 1 is 1.40 bits per heavy atom. The number of hydrogen-bond donors (Lipinski definition) is 0. The zero-order valence-corrected chi connectivity index (χ0v) is 6.38. The summed E-state index contributed by atoms with van der Waals surface area (Å²) in [6.07, 6.45) is 3.87. The van der Waals surface area contributed by atoms with Crippen LogP contribution in [0.1, 0.15) is 13.3 Å². The predicted molar refractivity (Wildman–Crippen MR) is 41.5 cm³/mol. The fourth-order valence-corrected chi connectivity index (χ4v) is 0.565. The average molecular weight is 142 g/mol. The van der Waals surface area contributed by atoms with Gasteiger partial charge >= 0.3 is 0 Å². The van der Waals surface area contributed by atoms with Crippen molar-refractivity contribution in [1.29, 1.82) is 0 Å². The van der Waals surface area contributed by atoms with Gasteiger partial charge < -0.3 is 9.47 Å². The van der Waals surface area contributed by atoms with Crippen LogP contribution in [0.15, 0.2) is 25.7 Å². The van der Waals surface area contributed by atoms with Crippen LogP contribution in [-0.2, 0) is 9.47 Å². The van der Waals surface area contributed by atoms with Crippen LogP contribution < -0.4 is 0 Å². The van der Waals surface area contributed by atoms with Crippen molar-refractivity contribution in [2.75, 3.05) is 6.61 Å². The van der Waals surface area contributed by atoms with E-state index in [0.717, 1.165) is 6.42 Å². The lowest BCUT2D eigenvalue weighted by molar-refractivity contribution is 0.0668. The average Bonchev–Trinajstić information content (AvgIpc) is 1.98. The molecule has 0 heterocycles. The van der Waals surface area contributed by atoms with Crippen LogP contribution in [0, 0.1) is 0 Å². The maximum absolute atomic E-state index is 5.08. The molecule has 0 N–H and O–H groups in total. The van der Waals surface area contributed by atoms with Gasteiger partial charge in [0.1, 0.15) is 12.7 Å². The third-order valence-electron chi connectivity index (χ3n) is 1.14. The van der Waals surface area contributed by atoms with Crippen molar-refractivity contribution in [1.82, 2.24) is 0 Å². The number of ether oxygens (including phenoxy) is 2. The lowest BCUT2D eigenvalue weighted by Gasteiger charge is -2.12. The molecular formula is C8H14O2. The first-order valence-corrected chi connectivity index (χ1v) is 3.34. The first kappa shape index (κ1) is 9.08. The van der Waals surface area contributed by atoms with Gasteiger partial charge in [0.05, 0.1) is 12.5 Å². The summed E-state index contributed by atoms with van der Waals surface area (Å²) in [6.45, 7) is 9.45. The minimum atomic E-state index is 0.107. The van der Waals surface area contributed by atoms with Gasteiger partial charge in [0.2, 0.25) is 0 Å². The molecule has 1 atom stereocenters. The van der Waals surface area contributed by atoms with E-state index in [1.165, 1.54) is 12.5 Å². The molecule has 0 fully saturated rings. The summed E-state index contributed by atoms with van der Waals surface area (Å²) in [4.78, 5) is 0. The molecule has 0 saturated carbocycles. The van der Waals surface area contributed by atoms with Crippen molar-refractivity contribution in [3.8, 4) is 0 Å². The molecule has 0 amide bonds. The maximum Gasteiger partial charge on any atom is 0.131 e. The number of rotatable bonds is 6. The van der Waals surface area contributed by atoms with E-state index in [0.29, 0.717) is 6.61 Å². The summed E-state index contributed by atoms with van der Waals surface area (Å²) in [5.41, 5.74) is 0. The first-order chi connectivity index (χ1) is 4.85. The topological polar surface area (TPSA) is 18.5 Å². The quantitative estimate of drug-likeness (QED) is 0.529. The van der Waals surface area contributed by atoms with Crippen molar-refractivity contribution < 1.29 is 9.47 Å². The molecule has 58 valence electrons. The second-order valence-corrected chi connectivity index (χ2v) is 1.83. The van der Waals surface area contributed by atoms with Gasteiger partial charge in [0, 0.05) is 0 Å². The van der Waals surface area contributed by atoms with E-state index in [2.05, 4.69) is 13.2 Å². The molecule has 2 heteroatoms.